The first-order chi connectivity index (χ1) is 15.1. The van der Waals surface area contributed by atoms with Gasteiger partial charge in [0.15, 0.2) is 15.5 Å². The Morgan fingerprint density at radius 2 is 1.76 bits per heavy atom. The molecular weight excluding hydrogens is 476 g/mol. The highest BCUT2D eigenvalue weighted by Gasteiger charge is 2.48. The van der Waals surface area contributed by atoms with Crippen LogP contribution in [0.1, 0.15) is 67.3 Å². The van der Waals surface area contributed by atoms with Crippen LogP contribution in [-0.4, -0.2) is 42.3 Å². The van der Waals surface area contributed by atoms with E-state index in [1.54, 1.807) is 6.92 Å². The molecule has 3 rings (SSSR count). The summed E-state index contributed by atoms with van der Waals surface area (Å²) in [6.07, 6.45) is -5.98. The van der Waals surface area contributed by atoms with Gasteiger partial charge in [-0.05, 0) is 42.9 Å². The Morgan fingerprint density at radius 3 is 2.27 bits per heavy atom. The third kappa shape index (κ3) is 6.57. The molecule has 13 heteroatoms. The summed E-state index contributed by atoms with van der Waals surface area (Å²) in [5.74, 6) is -2.73. The zero-order chi connectivity index (χ0) is 24.7. The Labute approximate surface area is 187 Å². The highest BCUT2D eigenvalue weighted by atomic mass is 32.2. The number of amides is 1. The van der Waals surface area contributed by atoms with Gasteiger partial charge in [-0.2, -0.15) is 26.3 Å². The number of carbonyl (C=O) groups is 1. The highest BCUT2D eigenvalue weighted by molar-refractivity contribution is 7.91. The molecule has 1 aromatic heterocycles. The first kappa shape index (κ1) is 25.7. The van der Waals surface area contributed by atoms with Crippen LogP contribution in [0.4, 0.5) is 26.3 Å². The van der Waals surface area contributed by atoms with Gasteiger partial charge >= 0.3 is 12.4 Å². The average Bonchev–Trinajstić information content (AvgIpc) is 3.46. The van der Waals surface area contributed by atoms with E-state index in [0.29, 0.717) is 31.6 Å². The van der Waals surface area contributed by atoms with Crippen molar-refractivity contribution in [3.63, 3.8) is 0 Å². The maximum atomic E-state index is 13.3. The van der Waals surface area contributed by atoms with Gasteiger partial charge in [-0.1, -0.05) is 19.8 Å². The van der Waals surface area contributed by atoms with E-state index in [2.05, 4.69) is 15.3 Å². The second-order valence-corrected chi connectivity index (χ2v) is 11.4. The van der Waals surface area contributed by atoms with Crippen LogP contribution in [0.25, 0.3) is 0 Å². The first-order valence-electron chi connectivity index (χ1n) is 10.6. The van der Waals surface area contributed by atoms with Gasteiger partial charge in [-0.15, -0.1) is 0 Å². The van der Waals surface area contributed by atoms with E-state index >= 15 is 0 Å². The minimum atomic E-state index is -5.28. The van der Waals surface area contributed by atoms with Gasteiger partial charge in [-0.25, -0.2) is 18.4 Å². The van der Waals surface area contributed by atoms with Crippen molar-refractivity contribution in [2.24, 2.45) is 17.3 Å². The minimum Gasteiger partial charge on any atom is -0.351 e. The van der Waals surface area contributed by atoms with Crippen molar-refractivity contribution in [2.75, 3.05) is 18.1 Å². The fourth-order valence-electron chi connectivity index (χ4n) is 4.62. The number of nitrogens with one attached hydrogen (secondary N) is 1. The van der Waals surface area contributed by atoms with E-state index in [9.17, 15) is 39.6 Å². The molecule has 0 unspecified atom stereocenters. The van der Waals surface area contributed by atoms with Gasteiger partial charge in [0, 0.05) is 18.5 Å². The number of hydrogen-bond donors (Lipinski definition) is 1. The highest BCUT2D eigenvalue weighted by Crippen LogP contribution is 2.54. The summed E-state index contributed by atoms with van der Waals surface area (Å²) >= 11 is 0. The van der Waals surface area contributed by atoms with E-state index in [-0.39, 0.29) is 30.2 Å². The SMILES string of the molecule is CCCS(=O)(=O)C[C@H]1C[C@@](CNC(=O)c2cnc(C(F)(F)F)nc2C(F)(F)F)(CC2CC2)C1. The van der Waals surface area contributed by atoms with Crippen LogP contribution in [0.15, 0.2) is 6.20 Å². The van der Waals surface area contributed by atoms with Crippen molar-refractivity contribution >= 4 is 15.7 Å². The van der Waals surface area contributed by atoms with Crippen LogP contribution in [0.3, 0.4) is 0 Å². The summed E-state index contributed by atoms with van der Waals surface area (Å²) in [5, 5.41) is 2.40. The molecule has 2 saturated carbocycles. The lowest BCUT2D eigenvalue weighted by Crippen LogP contribution is -2.48. The number of sulfone groups is 1. The van der Waals surface area contributed by atoms with Gasteiger partial charge in [0.1, 0.15) is 0 Å². The monoisotopic (exact) mass is 501 g/mol. The Bertz CT molecular complexity index is 984. The number of alkyl halides is 6. The second kappa shape index (κ2) is 9.03. The van der Waals surface area contributed by atoms with Crippen LogP contribution in [0.2, 0.25) is 0 Å². The van der Waals surface area contributed by atoms with Gasteiger partial charge in [0.2, 0.25) is 5.82 Å². The quantitative estimate of drug-likeness (QED) is 0.511. The van der Waals surface area contributed by atoms with Crippen molar-refractivity contribution in [1.29, 1.82) is 0 Å². The van der Waals surface area contributed by atoms with Crippen LogP contribution in [0, 0.1) is 17.3 Å². The predicted molar refractivity (Wildman–Crippen MR) is 106 cm³/mol. The normalized spacial score (nSPS) is 23.8. The van der Waals surface area contributed by atoms with Crippen LogP contribution >= 0.6 is 0 Å². The fourth-order valence-corrected chi connectivity index (χ4v) is 6.36. The minimum absolute atomic E-state index is 0.00494. The standard InChI is InChI=1S/C20H25F6N3O3S/c1-2-5-33(31,32)10-13-7-18(8-13,6-12-3-4-12)11-28-16(30)14-9-27-17(20(24,25)26)29-15(14)19(21,22)23/h9,12-13H,2-8,10-11H2,1H3,(H,28,30)/t13-,18-. The molecule has 2 aliphatic rings. The van der Waals surface area contributed by atoms with Crippen molar-refractivity contribution in [3.05, 3.63) is 23.3 Å². The molecule has 0 bridgehead atoms. The molecule has 0 aliphatic heterocycles. The first-order valence-corrected chi connectivity index (χ1v) is 12.5. The lowest BCUT2D eigenvalue weighted by atomic mass is 9.60. The molecule has 0 saturated heterocycles. The van der Waals surface area contributed by atoms with E-state index in [4.69, 9.17) is 0 Å². The number of nitrogens with zero attached hydrogens (tertiary/aromatic N) is 2. The third-order valence-corrected chi connectivity index (χ3v) is 8.06. The van der Waals surface area contributed by atoms with Gasteiger partial charge < -0.3 is 5.32 Å². The van der Waals surface area contributed by atoms with Gasteiger partial charge in [0.25, 0.3) is 5.91 Å². The lowest BCUT2D eigenvalue weighted by Gasteiger charge is -2.48. The molecule has 1 N–H and O–H groups in total. The largest absolute Gasteiger partial charge is 0.451 e. The molecule has 6 nitrogen and oxygen atoms in total. The Balaban J connectivity index is 1.71. The summed E-state index contributed by atoms with van der Waals surface area (Å²) in [4.78, 5) is 17.9. The molecule has 2 fully saturated rings. The molecule has 0 radical (unpaired) electrons. The second-order valence-electron chi connectivity index (χ2n) is 9.17. The number of hydrogen-bond acceptors (Lipinski definition) is 5. The third-order valence-electron chi connectivity index (χ3n) is 6.05. The zero-order valence-corrected chi connectivity index (χ0v) is 18.7. The Kier molecular flexibility index (Phi) is 7.03. The smallest absolute Gasteiger partial charge is 0.351 e. The molecule has 1 aromatic rings. The lowest BCUT2D eigenvalue weighted by molar-refractivity contribution is -0.153. The number of aromatic nitrogens is 2. The summed E-state index contributed by atoms with van der Waals surface area (Å²) in [6.45, 7) is 1.77. The number of halogens is 6. The van der Waals surface area contributed by atoms with Gasteiger partial charge in [-0.3, -0.25) is 4.79 Å². The van der Waals surface area contributed by atoms with Crippen LogP contribution < -0.4 is 5.32 Å². The molecular formula is C20H25F6N3O3S. The van der Waals surface area contributed by atoms with Gasteiger partial charge in [0.05, 0.1) is 11.3 Å². The van der Waals surface area contributed by atoms with Crippen molar-refractivity contribution in [3.8, 4) is 0 Å². The average molecular weight is 501 g/mol. The Morgan fingerprint density at radius 1 is 1.12 bits per heavy atom. The molecule has 1 heterocycles. The molecule has 33 heavy (non-hydrogen) atoms. The maximum absolute atomic E-state index is 13.3. The Hall–Kier alpha value is -1.92. The fraction of sp³-hybridized carbons (Fsp3) is 0.750. The molecule has 0 spiro atoms. The molecule has 1 amide bonds. The summed E-state index contributed by atoms with van der Waals surface area (Å²) in [6, 6.07) is 0. The van der Waals surface area contributed by atoms with E-state index in [1.165, 1.54) is 0 Å². The van der Waals surface area contributed by atoms with Crippen molar-refractivity contribution in [2.45, 2.75) is 57.8 Å². The summed E-state index contributed by atoms with van der Waals surface area (Å²) < 4.78 is 102. The van der Waals surface area contributed by atoms with E-state index < -0.39 is 50.6 Å². The molecule has 0 atom stereocenters. The van der Waals surface area contributed by atoms with Crippen molar-refractivity contribution in [1.82, 2.24) is 15.3 Å². The molecule has 0 aromatic carbocycles. The summed E-state index contributed by atoms with van der Waals surface area (Å²) in [7, 11) is -3.19. The number of carbonyl (C=O) groups excluding carboxylic acids is 1. The molecule has 2 aliphatic carbocycles. The predicted octanol–water partition coefficient (Wildman–Crippen LogP) is 4.27. The van der Waals surface area contributed by atoms with E-state index in [0.717, 1.165) is 12.8 Å². The molecule has 186 valence electrons. The maximum Gasteiger partial charge on any atom is 0.451 e. The topological polar surface area (TPSA) is 89.0 Å². The number of rotatable bonds is 9. The van der Waals surface area contributed by atoms with Crippen molar-refractivity contribution < 1.29 is 39.6 Å². The van der Waals surface area contributed by atoms with Crippen LogP contribution in [0.5, 0.6) is 0 Å². The zero-order valence-electron chi connectivity index (χ0n) is 17.9. The summed E-state index contributed by atoms with van der Waals surface area (Å²) in [5.41, 5.74) is -3.47. The van der Waals surface area contributed by atoms with Crippen LogP contribution in [-0.2, 0) is 22.2 Å². The van der Waals surface area contributed by atoms with E-state index in [1.807, 2.05) is 0 Å².